The van der Waals surface area contributed by atoms with E-state index in [0.717, 1.165) is 19.4 Å². The van der Waals surface area contributed by atoms with Gasteiger partial charge in [-0.25, -0.2) is 0 Å². The summed E-state index contributed by atoms with van der Waals surface area (Å²) in [6.07, 6.45) is 9.30. The first-order chi connectivity index (χ1) is 6.90. The minimum atomic E-state index is 0.126. The highest BCUT2D eigenvalue weighted by Gasteiger charge is 2.27. The molecule has 0 aromatic rings. The van der Waals surface area contributed by atoms with Crippen LogP contribution in [0.15, 0.2) is 0 Å². The fourth-order valence-corrected chi connectivity index (χ4v) is 3.21. The van der Waals surface area contributed by atoms with Crippen LogP contribution in [0.2, 0.25) is 0 Å². The standard InChI is InChI=1S/C11H17NOS/c1-2-10(11-4-3-6-13-11)12-9-5-7-14-8-9/h1,9-12H,3-8H2. The van der Waals surface area contributed by atoms with Gasteiger partial charge in [-0.15, -0.1) is 6.42 Å². The molecule has 3 heteroatoms. The summed E-state index contributed by atoms with van der Waals surface area (Å²) in [6.45, 7) is 0.879. The first kappa shape index (κ1) is 10.4. The summed E-state index contributed by atoms with van der Waals surface area (Å²) in [5.74, 6) is 5.29. The van der Waals surface area contributed by atoms with Crippen molar-refractivity contribution in [2.45, 2.75) is 37.5 Å². The second kappa shape index (κ2) is 5.06. The minimum absolute atomic E-state index is 0.126. The van der Waals surface area contributed by atoms with E-state index < -0.39 is 0 Å². The zero-order valence-corrected chi connectivity index (χ0v) is 9.19. The maximum absolute atomic E-state index is 5.60. The monoisotopic (exact) mass is 211 g/mol. The van der Waals surface area contributed by atoms with Gasteiger partial charge in [0, 0.05) is 18.4 Å². The van der Waals surface area contributed by atoms with Crippen LogP contribution in [0.1, 0.15) is 19.3 Å². The SMILES string of the molecule is C#CC(NC1CCSC1)C1CCCO1. The van der Waals surface area contributed by atoms with Crippen LogP contribution in [-0.4, -0.2) is 36.3 Å². The molecular weight excluding hydrogens is 194 g/mol. The molecule has 0 aromatic heterocycles. The summed E-state index contributed by atoms with van der Waals surface area (Å²) in [5.41, 5.74) is 0. The van der Waals surface area contributed by atoms with Gasteiger partial charge >= 0.3 is 0 Å². The summed E-state index contributed by atoms with van der Waals surface area (Å²) in [5, 5.41) is 3.53. The Morgan fingerprint density at radius 1 is 1.50 bits per heavy atom. The highest BCUT2D eigenvalue weighted by Crippen LogP contribution is 2.20. The van der Waals surface area contributed by atoms with E-state index in [1.165, 1.54) is 17.9 Å². The minimum Gasteiger partial charge on any atom is -0.376 e. The van der Waals surface area contributed by atoms with Crippen molar-refractivity contribution in [3.05, 3.63) is 0 Å². The topological polar surface area (TPSA) is 21.3 Å². The number of terminal acetylenes is 1. The van der Waals surface area contributed by atoms with Crippen molar-refractivity contribution in [1.82, 2.24) is 5.32 Å². The largest absolute Gasteiger partial charge is 0.376 e. The fourth-order valence-electron chi connectivity index (χ4n) is 2.05. The highest BCUT2D eigenvalue weighted by atomic mass is 32.2. The Morgan fingerprint density at radius 2 is 2.43 bits per heavy atom. The van der Waals surface area contributed by atoms with E-state index in [4.69, 9.17) is 11.2 Å². The zero-order valence-electron chi connectivity index (χ0n) is 8.37. The normalized spacial score (nSPS) is 34.2. The van der Waals surface area contributed by atoms with Crippen molar-refractivity contribution in [2.75, 3.05) is 18.1 Å². The maximum atomic E-state index is 5.60. The molecule has 2 heterocycles. The first-order valence-electron chi connectivity index (χ1n) is 5.31. The van der Waals surface area contributed by atoms with Crippen molar-refractivity contribution in [2.24, 2.45) is 0 Å². The third-order valence-electron chi connectivity index (χ3n) is 2.86. The van der Waals surface area contributed by atoms with Crippen LogP contribution in [0.3, 0.4) is 0 Å². The summed E-state index contributed by atoms with van der Waals surface area (Å²) >= 11 is 2.01. The number of thioether (sulfide) groups is 1. The number of nitrogens with one attached hydrogen (secondary N) is 1. The van der Waals surface area contributed by atoms with E-state index in [1.54, 1.807) is 0 Å². The van der Waals surface area contributed by atoms with Gasteiger partial charge in [-0.2, -0.15) is 11.8 Å². The lowest BCUT2D eigenvalue weighted by molar-refractivity contribution is 0.0912. The molecule has 0 amide bonds. The Balaban J connectivity index is 1.83. The third kappa shape index (κ3) is 2.44. The van der Waals surface area contributed by atoms with Crippen LogP contribution >= 0.6 is 11.8 Å². The van der Waals surface area contributed by atoms with Gasteiger partial charge in [-0.05, 0) is 25.0 Å². The lowest BCUT2D eigenvalue weighted by Gasteiger charge is -2.22. The molecule has 0 aromatic carbocycles. The Morgan fingerprint density at radius 3 is 3.00 bits per heavy atom. The Hall–Kier alpha value is -0.170. The van der Waals surface area contributed by atoms with Crippen LogP contribution in [0, 0.1) is 12.3 Å². The molecule has 2 saturated heterocycles. The van der Waals surface area contributed by atoms with Gasteiger partial charge in [0.05, 0.1) is 12.1 Å². The van der Waals surface area contributed by atoms with Gasteiger partial charge in [-0.3, -0.25) is 5.32 Å². The van der Waals surface area contributed by atoms with Crippen molar-refractivity contribution in [3.8, 4) is 12.3 Å². The van der Waals surface area contributed by atoms with Crippen LogP contribution in [-0.2, 0) is 4.74 Å². The van der Waals surface area contributed by atoms with Crippen LogP contribution in [0.25, 0.3) is 0 Å². The predicted molar refractivity (Wildman–Crippen MR) is 60.5 cm³/mol. The average molecular weight is 211 g/mol. The first-order valence-corrected chi connectivity index (χ1v) is 6.47. The Labute approximate surface area is 90.2 Å². The summed E-state index contributed by atoms with van der Waals surface area (Å²) in [7, 11) is 0. The van der Waals surface area contributed by atoms with Gasteiger partial charge in [0.25, 0.3) is 0 Å². The van der Waals surface area contributed by atoms with E-state index in [9.17, 15) is 0 Å². The second-order valence-corrected chi connectivity index (χ2v) is 5.07. The van der Waals surface area contributed by atoms with Crippen molar-refractivity contribution < 1.29 is 4.74 Å². The molecule has 2 aliphatic heterocycles. The molecule has 3 unspecified atom stereocenters. The maximum Gasteiger partial charge on any atom is 0.0955 e. The van der Waals surface area contributed by atoms with Crippen LogP contribution < -0.4 is 5.32 Å². The molecule has 0 spiro atoms. The Kier molecular flexibility index (Phi) is 3.74. The number of ether oxygens (including phenoxy) is 1. The molecule has 0 aliphatic carbocycles. The molecule has 2 aliphatic rings. The molecule has 3 atom stereocenters. The van der Waals surface area contributed by atoms with E-state index in [2.05, 4.69) is 11.2 Å². The van der Waals surface area contributed by atoms with Gasteiger partial charge in [0.1, 0.15) is 0 Å². The molecule has 0 saturated carbocycles. The Bertz CT molecular complexity index is 214. The molecule has 78 valence electrons. The molecule has 2 nitrogen and oxygen atoms in total. The lowest BCUT2D eigenvalue weighted by Crippen LogP contribution is -2.44. The molecular formula is C11H17NOS. The molecule has 2 rings (SSSR count). The van der Waals surface area contributed by atoms with Gasteiger partial charge in [0.15, 0.2) is 0 Å². The second-order valence-electron chi connectivity index (χ2n) is 3.92. The molecule has 0 bridgehead atoms. The molecule has 1 N–H and O–H groups in total. The van der Waals surface area contributed by atoms with Gasteiger partial charge in [-0.1, -0.05) is 5.92 Å². The summed E-state index contributed by atoms with van der Waals surface area (Å²) in [4.78, 5) is 0. The molecule has 2 fully saturated rings. The number of hydrogen-bond donors (Lipinski definition) is 1. The lowest BCUT2D eigenvalue weighted by atomic mass is 10.1. The number of rotatable bonds is 3. The smallest absolute Gasteiger partial charge is 0.0955 e. The van der Waals surface area contributed by atoms with Gasteiger partial charge in [0.2, 0.25) is 0 Å². The molecule has 0 radical (unpaired) electrons. The third-order valence-corrected chi connectivity index (χ3v) is 4.02. The van der Waals surface area contributed by atoms with E-state index in [-0.39, 0.29) is 12.1 Å². The number of hydrogen-bond acceptors (Lipinski definition) is 3. The van der Waals surface area contributed by atoms with Crippen molar-refractivity contribution in [1.29, 1.82) is 0 Å². The van der Waals surface area contributed by atoms with Crippen molar-refractivity contribution >= 4 is 11.8 Å². The van der Waals surface area contributed by atoms with E-state index >= 15 is 0 Å². The van der Waals surface area contributed by atoms with E-state index in [0.29, 0.717) is 6.04 Å². The fraction of sp³-hybridized carbons (Fsp3) is 0.818. The highest BCUT2D eigenvalue weighted by molar-refractivity contribution is 7.99. The quantitative estimate of drug-likeness (QED) is 0.710. The predicted octanol–water partition coefficient (Wildman–Crippen LogP) is 1.26. The molecule has 14 heavy (non-hydrogen) atoms. The zero-order chi connectivity index (χ0) is 9.80. The van der Waals surface area contributed by atoms with Gasteiger partial charge < -0.3 is 4.74 Å². The van der Waals surface area contributed by atoms with Crippen LogP contribution in [0.4, 0.5) is 0 Å². The van der Waals surface area contributed by atoms with Crippen molar-refractivity contribution in [3.63, 3.8) is 0 Å². The van der Waals surface area contributed by atoms with Crippen LogP contribution in [0.5, 0.6) is 0 Å². The van der Waals surface area contributed by atoms with E-state index in [1.807, 2.05) is 11.8 Å². The average Bonchev–Trinajstić information content (AvgIpc) is 2.86. The summed E-state index contributed by atoms with van der Waals surface area (Å²) < 4.78 is 5.60. The summed E-state index contributed by atoms with van der Waals surface area (Å²) in [6, 6.07) is 0.728.